The van der Waals surface area contributed by atoms with Gasteiger partial charge in [-0.25, -0.2) is 0 Å². The largest absolute Gasteiger partial charge is 0.492 e. The highest BCUT2D eigenvalue weighted by molar-refractivity contribution is 6.32. The molecule has 17 heavy (non-hydrogen) atoms. The fraction of sp³-hybridized carbons (Fsp3) is 0.538. The van der Waals surface area contributed by atoms with Crippen LogP contribution in [0, 0.1) is 0 Å². The summed E-state index contributed by atoms with van der Waals surface area (Å²) >= 11 is 6.14. The van der Waals surface area contributed by atoms with E-state index in [2.05, 4.69) is 24.3 Å². The molecule has 4 heteroatoms. The second-order valence-electron chi connectivity index (χ2n) is 4.30. The number of rotatable bonds is 7. The van der Waals surface area contributed by atoms with Crippen LogP contribution in [0.25, 0.3) is 0 Å². The first-order valence-electron chi connectivity index (χ1n) is 5.84. The van der Waals surface area contributed by atoms with Crippen LogP contribution in [0.2, 0.25) is 5.02 Å². The Hall–Kier alpha value is -0.770. The van der Waals surface area contributed by atoms with Crippen molar-refractivity contribution in [1.29, 1.82) is 0 Å². The third kappa shape index (κ3) is 5.39. The van der Waals surface area contributed by atoms with Gasteiger partial charge < -0.3 is 15.0 Å². The molecule has 0 saturated carbocycles. The van der Waals surface area contributed by atoms with E-state index >= 15 is 0 Å². The fourth-order valence-corrected chi connectivity index (χ4v) is 1.80. The minimum Gasteiger partial charge on any atom is -0.492 e. The van der Waals surface area contributed by atoms with Gasteiger partial charge in [-0.2, -0.15) is 0 Å². The molecular weight excluding hydrogens is 236 g/mol. The van der Waals surface area contributed by atoms with Crippen molar-refractivity contribution in [1.82, 2.24) is 10.2 Å². The zero-order valence-corrected chi connectivity index (χ0v) is 11.5. The average molecular weight is 257 g/mol. The second kappa shape index (κ2) is 7.54. The summed E-state index contributed by atoms with van der Waals surface area (Å²) in [6.07, 6.45) is 1.00. The first-order chi connectivity index (χ1) is 8.13. The van der Waals surface area contributed by atoms with Crippen molar-refractivity contribution in [2.75, 3.05) is 34.3 Å². The lowest BCUT2D eigenvalue weighted by Crippen LogP contribution is -2.15. The van der Waals surface area contributed by atoms with Gasteiger partial charge in [0, 0.05) is 13.1 Å². The summed E-state index contributed by atoms with van der Waals surface area (Å²) in [7, 11) is 6.03. The second-order valence-corrected chi connectivity index (χ2v) is 4.71. The van der Waals surface area contributed by atoms with Crippen molar-refractivity contribution in [2.45, 2.75) is 13.0 Å². The van der Waals surface area contributed by atoms with Crippen LogP contribution < -0.4 is 10.1 Å². The van der Waals surface area contributed by atoms with E-state index in [-0.39, 0.29) is 0 Å². The van der Waals surface area contributed by atoms with Crippen molar-refractivity contribution in [3.8, 4) is 5.75 Å². The molecule has 0 atom stereocenters. The van der Waals surface area contributed by atoms with E-state index in [1.165, 1.54) is 0 Å². The lowest BCUT2D eigenvalue weighted by Gasteiger charge is -2.12. The number of ether oxygens (including phenoxy) is 1. The van der Waals surface area contributed by atoms with Gasteiger partial charge >= 0.3 is 0 Å². The lowest BCUT2D eigenvalue weighted by molar-refractivity contribution is 0.281. The van der Waals surface area contributed by atoms with Gasteiger partial charge in [-0.3, -0.25) is 0 Å². The van der Waals surface area contributed by atoms with E-state index in [1.807, 2.05) is 25.2 Å². The lowest BCUT2D eigenvalue weighted by atomic mass is 10.2. The number of nitrogens with one attached hydrogen (secondary N) is 1. The topological polar surface area (TPSA) is 24.5 Å². The molecule has 0 spiro atoms. The summed E-state index contributed by atoms with van der Waals surface area (Å²) in [6.45, 7) is 2.54. The molecule has 0 aliphatic rings. The van der Waals surface area contributed by atoms with Gasteiger partial charge in [-0.15, -0.1) is 0 Å². The van der Waals surface area contributed by atoms with Crippen molar-refractivity contribution in [3.63, 3.8) is 0 Å². The van der Waals surface area contributed by atoms with Crippen molar-refractivity contribution >= 4 is 11.6 Å². The Bertz CT molecular complexity index is 342. The number of hydrogen-bond acceptors (Lipinski definition) is 3. The van der Waals surface area contributed by atoms with Crippen LogP contribution in [0.3, 0.4) is 0 Å². The zero-order valence-electron chi connectivity index (χ0n) is 10.8. The van der Waals surface area contributed by atoms with Crippen LogP contribution in [0.4, 0.5) is 0 Å². The third-order valence-electron chi connectivity index (χ3n) is 2.38. The summed E-state index contributed by atoms with van der Waals surface area (Å²) in [5.41, 5.74) is 1.16. The van der Waals surface area contributed by atoms with Crippen LogP contribution in [0.15, 0.2) is 18.2 Å². The number of benzene rings is 1. The van der Waals surface area contributed by atoms with Gasteiger partial charge in [0.2, 0.25) is 0 Å². The first kappa shape index (κ1) is 14.3. The van der Waals surface area contributed by atoms with Crippen molar-refractivity contribution < 1.29 is 4.74 Å². The maximum absolute atomic E-state index is 6.14. The fourth-order valence-electron chi connectivity index (χ4n) is 1.54. The molecule has 0 aliphatic carbocycles. The summed E-state index contributed by atoms with van der Waals surface area (Å²) in [5, 5.41) is 3.77. The predicted octanol–water partition coefficient (Wildman–Crippen LogP) is 2.39. The van der Waals surface area contributed by atoms with Crippen LogP contribution in [0.1, 0.15) is 12.0 Å². The molecule has 1 N–H and O–H groups in total. The van der Waals surface area contributed by atoms with Crippen LogP contribution in [-0.2, 0) is 6.54 Å². The van der Waals surface area contributed by atoms with E-state index in [4.69, 9.17) is 16.3 Å². The maximum atomic E-state index is 6.14. The highest BCUT2D eigenvalue weighted by atomic mass is 35.5. The molecule has 0 radical (unpaired) electrons. The minimum atomic E-state index is 0.683. The molecule has 0 heterocycles. The normalized spacial score (nSPS) is 10.9. The Morgan fingerprint density at radius 3 is 2.71 bits per heavy atom. The third-order valence-corrected chi connectivity index (χ3v) is 2.68. The highest BCUT2D eigenvalue weighted by Crippen LogP contribution is 2.25. The molecule has 0 fully saturated rings. The molecule has 0 aliphatic heterocycles. The number of halogens is 1. The quantitative estimate of drug-likeness (QED) is 0.759. The molecule has 0 bridgehead atoms. The maximum Gasteiger partial charge on any atom is 0.137 e. The van der Waals surface area contributed by atoms with Gasteiger partial charge in [-0.1, -0.05) is 17.7 Å². The Morgan fingerprint density at radius 1 is 1.35 bits per heavy atom. The summed E-state index contributed by atoms with van der Waals surface area (Å²) in [6, 6.07) is 5.91. The first-order valence-corrected chi connectivity index (χ1v) is 6.22. The molecular formula is C13H21ClN2O. The van der Waals surface area contributed by atoms with Gasteiger partial charge in [0.05, 0.1) is 11.6 Å². The van der Waals surface area contributed by atoms with E-state index < -0.39 is 0 Å². The van der Waals surface area contributed by atoms with Gasteiger partial charge in [0.25, 0.3) is 0 Å². The number of hydrogen-bond donors (Lipinski definition) is 1. The van der Waals surface area contributed by atoms with E-state index in [9.17, 15) is 0 Å². The standard InChI is InChI=1S/C13H21ClN2O/c1-15-10-11-5-6-13(12(14)9-11)17-8-4-7-16(2)3/h5-6,9,15H,4,7-8,10H2,1-3H3. The Balaban J connectivity index is 2.43. The van der Waals surface area contributed by atoms with Gasteiger partial charge in [-0.05, 0) is 45.3 Å². The molecule has 1 rings (SSSR count). The van der Waals surface area contributed by atoms with E-state index in [0.29, 0.717) is 11.6 Å². The van der Waals surface area contributed by atoms with Crippen molar-refractivity contribution in [2.24, 2.45) is 0 Å². The molecule has 0 amide bonds. The Kier molecular flexibility index (Phi) is 6.34. The monoisotopic (exact) mass is 256 g/mol. The predicted molar refractivity (Wildman–Crippen MR) is 72.9 cm³/mol. The van der Waals surface area contributed by atoms with Crippen LogP contribution >= 0.6 is 11.6 Å². The molecule has 3 nitrogen and oxygen atoms in total. The average Bonchev–Trinajstić information content (AvgIpc) is 2.27. The number of nitrogens with zero attached hydrogens (tertiary/aromatic N) is 1. The molecule has 0 saturated heterocycles. The Labute approximate surface area is 109 Å². The highest BCUT2D eigenvalue weighted by Gasteiger charge is 2.02. The van der Waals surface area contributed by atoms with Crippen LogP contribution in [0.5, 0.6) is 5.75 Å². The van der Waals surface area contributed by atoms with Gasteiger partial charge in [0.15, 0.2) is 0 Å². The zero-order chi connectivity index (χ0) is 12.7. The molecule has 0 unspecified atom stereocenters. The summed E-state index contributed by atoms with van der Waals surface area (Å²) in [4.78, 5) is 2.14. The summed E-state index contributed by atoms with van der Waals surface area (Å²) in [5.74, 6) is 0.769. The van der Waals surface area contributed by atoms with Crippen LogP contribution in [-0.4, -0.2) is 39.2 Å². The van der Waals surface area contributed by atoms with Gasteiger partial charge in [0.1, 0.15) is 5.75 Å². The molecule has 96 valence electrons. The summed E-state index contributed by atoms with van der Waals surface area (Å²) < 4.78 is 5.64. The molecule has 1 aromatic carbocycles. The van der Waals surface area contributed by atoms with Crippen molar-refractivity contribution in [3.05, 3.63) is 28.8 Å². The SMILES string of the molecule is CNCc1ccc(OCCCN(C)C)c(Cl)c1. The van der Waals surface area contributed by atoms with E-state index in [1.54, 1.807) is 0 Å². The molecule has 0 aromatic heterocycles. The van der Waals surface area contributed by atoms with E-state index in [0.717, 1.165) is 30.8 Å². The Morgan fingerprint density at radius 2 is 2.12 bits per heavy atom. The smallest absolute Gasteiger partial charge is 0.137 e. The molecule has 1 aromatic rings. The minimum absolute atomic E-state index is 0.683.